The molecule has 558 valence electrons. The van der Waals surface area contributed by atoms with Crippen molar-refractivity contribution in [1.82, 2.24) is 36.4 Å². The molecule has 5 rings (SSSR count). The van der Waals surface area contributed by atoms with E-state index in [0.717, 1.165) is 5.56 Å². The van der Waals surface area contributed by atoms with Crippen molar-refractivity contribution in [2.45, 2.75) is 340 Å². The van der Waals surface area contributed by atoms with E-state index >= 15 is 28.8 Å². The summed E-state index contributed by atoms with van der Waals surface area (Å²) in [4.78, 5) is 99.2. The van der Waals surface area contributed by atoms with Crippen molar-refractivity contribution in [3.05, 3.63) is 29.8 Å². The summed E-state index contributed by atoms with van der Waals surface area (Å²) < 4.78 is 48.5. The van der Waals surface area contributed by atoms with Crippen LogP contribution < -0.4 is 31.0 Å². The first-order valence-electron chi connectivity index (χ1n) is 35.9. The highest BCUT2D eigenvalue weighted by Gasteiger charge is 2.56. The molecule has 21 nitrogen and oxygen atoms in total. The Morgan fingerprint density at radius 2 is 0.980 bits per heavy atom. The molecule has 0 bridgehead atoms. The third-order valence-electron chi connectivity index (χ3n) is 23.6. The highest BCUT2D eigenvalue weighted by atomic mass is 28.4. The minimum Gasteiger partial charge on any atom is -0.544 e. The van der Waals surface area contributed by atoms with Crippen molar-refractivity contribution in [3.63, 3.8) is 0 Å². The molecule has 6 amide bonds. The molecule has 0 radical (unpaired) electrons. The molecule has 0 aliphatic carbocycles. The van der Waals surface area contributed by atoms with E-state index in [4.69, 9.17) is 31.2 Å². The average molecular weight is 1470 g/mol. The van der Waals surface area contributed by atoms with Gasteiger partial charge in [0.1, 0.15) is 36.0 Å². The van der Waals surface area contributed by atoms with Gasteiger partial charge in [0.05, 0.1) is 43.1 Å². The maximum absolute atomic E-state index is 16.7. The van der Waals surface area contributed by atoms with Gasteiger partial charge in [0.2, 0.25) is 37.9 Å². The Morgan fingerprint density at radius 1 is 0.551 bits per heavy atom. The average Bonchev–Trinajstić information content (AvgIpc) is 1.58. The number of rotatable bonds is 19. The van der Waals surface area contributed by atoms with Gasteiger partial charge in [0.25, 0.3) is 5.91 Å². The number of nitrogens with zero attached hydrogens (tertiary/aromatic N) is 3. The van der Waals surface area contributed by atoms with Gasteiger partial charge in [0.15, 0.2) is 41.6 Å². The number of carbonyl (C=O) groups is 6. The van der Waals surface area contributed by atoms with Crippen LogP contribution in [0.5, 0.6) is 5.75 Å². The molecule has 28 heteroatoms. The molecule has 1 aromatic rings. The largest absolute Gasteiger partial charge is 0.544 e. The molecule has 0 spiro atoms. The zero-order valence-corrected chi connectivity index (χ0v) is 72.8. The number of nitrogens with one attached hydrogen (secondary N) is 5. The number of carbonyl (C=O) groups excluding carboxylic acids is 6. The SMILES string of the molecule is CC(O[Si](C)(C)C(C)(C)C)[C@@H]1NC(=O)[C@H]([C@@H](Cc2ccc(O[Si](C)(C)C(C)(C)C)cc2)O[Si](C)(C)C(C)(C)C)NC(=O)[C@@H]2C[C@@H](O[Si](C)(C)C(C)(C)C)CN2C(=O)[C@H](C(C)O[Si](C)(C)C(C)(C)C)NC(=O)[C@@H](NB2CO2)CC=NNC(=O)[C@@H]2[C@@H](O[Si](C)(C)C(C)(C)C)[C@@H](C)CN2C1=O. The highest BCUT2D eigenvalue weighted by molar-refractivity contribution is 6.76. The molecule has 5 N–H and O–H groups in total. The molecule has 3 saturated heterocycles. The first kappa shape index (κ1) is 85.2. The summed E-state index contributed by atoms with van der Waals surface area (Å²) in [6.45, 7) is 69.5. The zero-order valence-electron chi connectivity index (χ0n) is 66.8. The van der Waals surface area contributed by atoms with Crippen LogP contribution >= 0.6 is 0 Å². The summed E-state index contributed by atoms with van der Waals surface area (Å²) in [6, 6.07) is -0.111. The summed E-state index contributed by atoms with van der Waals surface area (Å²) in [5.74, 6) is -3.47. The van der Waals surface area contributed by atoms with Crippen LogP contribution in [0.4, 0.5) is 0 Å². The van der Waals surface area contributed by atoms with Gasteiger partial charge in [-0.2, -0.15) is 5.10 Å². The lowest BCUT2D eigenvalue weighted by atomic mass is 9.93. The maximum atomic E-state index is 16.7. The lowest BCUT2D eigenvalue weighted by Crippen LogP contribution is -2.66. The Hall–Kier alpha value is -3.40. The minimum absolute atomic E-state index is 0.0228. The van der Waals surface area contributed by atoms with Crippen molar-refractivity contribution >= 4 is 98.6 Å². The second kappa shape index (κ2) is 30.7. The summed E-state index contributed by atoms with van der Waals surface area (Å²) in [7, 11) is -16.5. The van der Waals surface area contributed by atoms with Crippen molar-refractivity contribution in [2.75, 3.05) is 19.6 Å². The summed E-state index contributed by atoms with van der Waals surface area (Å²) in [6.07, 6.45) is -2.96. The fraction of sp³-hybridized carbons (Fsp3) is 0.814. The third kappa shape index (κ3) is 20.9. The van der Waals surface area contributed by atoms with E-state index in [-0.39, 0.29) is 63.5 Å². The van der Waals surface area contributed by atoms with Gasteiger partial charge >= 0.3 is 7.05 Å². The smallest absolute Gasteiger partial charge is 0.405 e. The van der Waals surface area contributed by atoms with Crippen molar-refractivity contribution in [1.29, 1.82) is 0 Å². The number of hydrogen-bond acceptors (Lipinski definition) is 15. The molecule has 12 atom stereocenters. The van der Waals surface area contributed by atoms with Gasteiger partial charge < -0.3 is 62.2 Å². The summed E-state index contributed by atoms with van der Waals surface area (Å²) in [5.41, 5.74) is 3.53. The molecular formula is C70H133BN8O13Si6. The Kier molecular flexibility index (Phi) is 26.7. The van der Waals surface area contributed by atoms with E-state index in [1.54, 1.807) is 13.8 Å². The van der Waals surface area contributed by atoms with Crippen molar-refractivity contribution in [3.8, 4) is 5.75 Å². The summed E-state index contributed by atoms with van der Waals surface area (Å²) in [5, 5.41) is 15.6. The first-order chi connectivity index (χ1) is 44.1. The molecule has 4 aliphatic rings. The number of fused-ring (bicyclic) bond motifs is 2. The van der Waals surface area contributed by atoms with E-state index in [9.17, 15) is 0 Å². The molecule has 0 aromatic heterocycles. The summed E-state index contributed by atoms with van der Waals surface area (Å²) >= 11 is 0. The van der Waals surface area contributed by atoms with Crippen LogP contribution in [0, 0.1) is 5.92 Å². The van der Waals surface area contributed by atoms with E-state index in [1.165, 1.54) is 16.0 Å². The monoisotopic (exact) mass is 1470 g/mol. The Balaban J connectivity index is 1.89. The van der Waals surface area contributed by atoms with Crippen molar-refractivity contribution in [2.24, 2.45) is 11.0 Å². The molecule has 98 heavy (non-hydrogen) atoms. The predicted octanol–water partition coefficient (Wildman–Crippen LogP) is 12.0. The van der Waals surface area contributed by atoms with Crippen LogP contribution in [-0.4, -0.2) is 195 Å². The number of hydrogen-bond donors (Lipinski definition) is 5. The molecule has 4 heterocycles. The molecule has 0 saturated carbocycles. The Morgan fingerprint density at radius 3 is 1.44 bits per heavy atom. The molecule has 1 aromatic carbocycles. The van der Waals surface area contributed by atoms with Gasteiger partial charge in [-0.05, 0) is 147 Å². The van der Waals surface area contributed by atoms with Crippen LogP contribution in [0.2, 0.25) is 109 Å². The molecular weight excluding hydrogens is 1340 g/mol. The van der Waals surface area contributed by atoms with Crippen LogP contribution in [-0.2, 0) is 62.0 Å². The fourth-order valence-electron chi connectivity index (χ4n) is 10.9. The Bertz CT molecular complexity index is 3000. The Labute approximate surface area is 598 Å². The number of hydrazone groups is 1. The van der Waals surface area contributed by atoms with E-state index in [1.807, 2.05) is 31.2 Å². The predicted molar refractivity (Wildman–Crippen MR) is 410 cm³/mol. The third-order valence-corrected chi connectivity index (χ3v) is 50.6. The van der Waals surface area contributed by atoms with Gasteiger partial charge in [-0.1, -0.05) is 144 Å². The van der Waals surface area contributed by atoms with Crippen molar-refractivity contribution < 1.29 is 60.0 Å². The van der Waals surface area contributed by atoms with Crippen LogP contribution in [0.1, 0.15) is 164 Å². The lowest BCUT2D eigenvalue weighted by molar-refractivity contribution is -0.146. The minimum atomic E-state index is -2.94. The topological polar surface area (TPSA) is 249 Å². The van der Waals surface area contributed by atoms with Crippen LogP contribution in [0.3, 0.4) is 0 Å². The van der Waals surface area contributed by atoms with E-state index in [0.29, 0.717) is 12.3 Å². The quantitative estimate of drug-likeness (QED) is 0.0639. The van der Waals surface area contributed by atoms with Gasteiger partial charge in [-0.15, -0.1) is 0 Å². The van der Waals surface area contributed by atoms with Gasteiger partial charge in [-0.25, -0.2) is 5.43 Å². The normalized spacial score (nSPS) is 26.0. The van der Waals surface area contributed by atoms with E-state index < -0.39 is 164 Å². The second-order valence-electron chi connectivity index (χ2n) is 37.8. The first-order valence-corrected chi connectivity index (χ1v) is 53.4. The fourth-order valence-corrected chi connectivity index (χ4v) is 18.9. The maximum Gasteiger partial charge on any atom is 0.405 e. The molecule has 2 unspecified atom stereocenters. The van der Waals surface area contributed by atoms with E-state index in [2.05, 4.69) is 235 Å². The standard InChI is InChI=1S/C70H133BN8O13Si6/c1-45-42-79-57(58(45)92-98(32,33)70(19,20)21)62(83)77-72-39-38-51(76-71-44-86-71)59(80)73-54(46(2)87-93(22,23)65(4,5)6)63(84)78-43-50(90-96(28,29)68(13,14)15)41-52(78)60(81)75-56(61(82)74-55(64(79)85)47(3)88-94(24,25)66(7,8)9)53(91-97(30,31)69(16,17)18)40-48-34-36-49(37-35-48)89-95(26,27)67(10,11)12/h34-37,39,45-47,50-58,76H,38,40-44H2,1-33H3,(H,73,80)(H,74,82)(H,75,81)(H,77,83)/t45-,46?,47?,50+,51-,52-,53+,54-,55-,56-,57-,58-/m0/s1. The highest BCUT2D eigenvalue weighted by Crippen LogP contribution is 2.45. The number of benzene rings is 1. The molecule has 4 aliphatic heterocycles. The van der Waals surface area contributed by atoms with Gasteiger partial charge in [-0.3, -0.25) is 28.8 Å². The van der Waals surface area contributed by atoms with Gasteiger partial charge in [0, 0.05) is 38.1 Å². The zero-order chi connectivity index (χ0) is 75.2. The molecule has 3 fully saturated rings. The number of amides is 6. The van der Waals surface area contributed by atoms with Crippen LogP contribution in [0.15, 0.2) is 29.4 Å². The van der Waals surface area contributed by atoms with Crippen LogP contribution in [0.25, 0.3) is 0 Å². The lowest BCUT2D eigenvalue weighted by Gasteiger charge is -2.43. The second-order valence-corrected chi connectivity index (χ2v) is 66.3.